The summed E-state index contributed by atoms with van der Waals surface area (Å²) >= 11 is 0. The Morgan fingerprint density at radius 2 is 2.25 bits per heavy atom. The molecule has 0 heterocycles. The van der Waals surface area contributed by atoms with Crippen molar-refractivity contribution in [2.75, 3.05) is 0 Å². The molecule has 0 saturated heterocycles. The second-order valence-electron chi connectivity index (χ2n) is 3.80. The lowest BCUT2D eigenvalue weighted by Gasteiger charge is -2.15. The highest BCUT2D eigenvalue weighted by molar-refractivity contribution is 5.00. The van der Waals surface area contributed by atoms with Crippen LogP contribution in [0.5, 0.6) is 0 Å². The van der Waals surface area contributed by atoms with Crippen LogP contribution >= 0.6 is 0 Å². The molecule has 0 amide bonds. The normalized spacial score (nSPS) is 52.9. The van der Waals surface area contributed by atoms with E-state index in [4.69, 9.17) is 0 Å². The molecule has 0 nitrogen and oxygen atoms in total. The summed E-state index contributed by atoms with van der Waals surface area (Å²) in [5.41, 5.74) is 0.845. The number of fused-ring (bicyclic) bond motifs is 1. The molecule has 0 radical (unpaired) electrons. The van der Waals surface area contributed by atoms with Crippen molar-refractivity contribution < 1.29 is 0 Å². The Bertz CT molecular complexity index is 105. The Labute approximate surface area is 51.3 Å². The molecule has 0 spiro atoms. The Balaban J connectivity index is 2.04. The van der Waals surface area contributed by atoms with Gasteiger partial charge in [0.1, 0.15) is 0 Å². The average Bonchev–Trinajstić information content (AvgIpc) is 2.39. The van der Waals surface area contributed by atoms with Crippen molar-refractivity contribution in [3.05, 3.63) is 0 Å². The molecule has 0 aromatic rings. The molecule has 2 aliphatic rings. The van der Waals surface area contributed by atoms with Crippen molar-refractivity contribution >= 4 is 0 Å². The molecule has 0 unspecified atom stereocenters. The van der Waals surface area contributed by atoms with Gasteiger partial charge < -0.3 is 0 Å². The van der Waals surface area contributed by atoms with Crippen LogP contribution in [-0.2, 0) is 0 Å². The predicted molar refractivity (Wildman–Crippen MR) is 34.7 cm³/mol. The van der Waals surface area contributed by atoms with E-state index in [1.54, 1.807) is 6.42 Å². The summed E-state index contributed by atoms with van der Waals surface area (Å²) in [5.74, 6) is 1.15. The van der Waals surface area contributed by atoms with E-state index in [1.807, 2.05) is 0 Å². The largest absolute Gasteiger partial charge is 0.0594 e. The average molecular weight is 110 g/mol. The van der Waals surface area contributed by atoms with Gasteiger partial charge in [0.15, 0.2) is 0 Å². The monoisotopic (exact) mass is 110 g/mol. The van der Waals surface area contributed by atoms with Crippen molar-refractivity contribution in [1.29, 1.82) is 0 Å². The zero-order valence-electron chi connectivity index (χ0n) is 5.61. The van der Waals surface area contributed by atoms with Crippen molar-refractivity contribution in [2.45, 2.75) is 39.0 Å². The molecular formula is C8H14. The fraction of sp³-hybridized carbons (Fsp3) is 1.00. The lowest BCUT2D eigenvalue weighted by atomic mass is 9.90. The van der Waals surface area contributed by atoms with E-state index in [2.05, 4.69) is 6.92 Å². The summed E-state index contributed by atoms with van der Waals surface area (Å²) in [6.45, 7) is 2.46. The molecule has 0 aromatic carbocycles. The summed E-state index contributed by atoms with van der Waals surface area (Å²) in [5, 5.41) is 0. The van der Waals surface area contributed by atoms with Gasteiger partial charge >= 0.3 is 0 Å². The lowest BCUT2D eigenvalue weighted by molar-refractivity contribution is 0.366. The van der Waals surface area contributed by atoms with E-state index in [0.717, 1.165) is 11.3 Å². The maximum absolute atomic E-state index is 2.46. The fourth-order valence-electron chi connectivity index (χ4n) is 2.18. The topological polar surface area (TPSA) is 0 Å². The summed E-state index contributed by atoms with van der Waals surface area (Å²) in [4.78, 5) is 0. The first-order chi connectivity index (χ1) is 3.81. The Kier molecular flexibility index (Phi) is 0.778. The molecular weight excluding hydrogens is 96.1 g/mol. The van der Waals surface area contributed by atoms with Crippen molar-refractivity contribution in [1.82, 2.24) is 0 Å². The molecule has 2 atom stereocenters. The van der Waals surface area contributed by atoms with Gasteiger partial charge in [-0.2, -0.15) is 0 Å². The van der Waals surface area contributed by atoms with Gasteiger partial charge in [-0.15, -0.1) is 0 Å². The molecule has 0 aliphatic heterocycles. The highest BCUT2D eigenvalue weighted by Crippen LogP contribution is 2.60. The van der Waals surface area contributed by atoms with Crippen LogP contribution in [-0.4, -0.2) is 0 Å². The number of rotatable bonds is 0. The first-order valence-electron chi connectivity index (χ1n) is 3.81. The first kappa shape index (κ1) is 4.84. The number of hydrogen-bond acceptors (Lipinski definition) is 0. The molecule has 8 heavy (non-hydrogen) atoms. The Morgan fingerprint density at radius 3 is 2.75 bits per heavy atom. The molecule has 0 N–H and O–H groups in total. The minimum Gasteiger partial charge on any atom is -0.0594 e. The van der Waals surface area contributed by atoms with Gasteiger partial charge in [-0.1, -0.05) is 19.8 Å². The van der Waals surface area contributed by atoms with Crippen LogP contribution in [0.1, 0.15) is 39.0 Å². The SMILES string of the molecule is C[C@]12CCCC[C@@H]1C2. The van der Waals surface area contributed by atoms with Gasteiger partial charge in [0.2, 0.25) is 0 Å². The fourth-order valence-corrected chi connectivity index (χ4v) is 2.18. The zero-order chi connectivity index (χ0) is 5.61. The van der Waals surface area contributed by atoms with E-state index in [9.17, 15) is 0 Å². The molecule has 2 aliphatic carbocycles. The molecule has 2 rings (SSSR count). The minimum absolute atomic E-state index is 0.845. The molecule has 0 heteroatoms. The highest BCUT2D eigenvalue weighted by atomic mass is 14.5. The summed E-state index contributed by atoms with van der Waals surface area (Å²) in [7, 11) is 0. The van der Waals surface area contributed by atoms with Gasteiger partial charge in [-0.3, -0.25) is 0 Å². The highest BCUT2D eigenvalue weighted by Gasteiger charge is 2.50. The van der Waals surface area contributed by atoms with Crippen molar-refractivity contribution in [2.24, 2.45) is 11.3 Å². The van der Waals surface area contributed by atoms with Crippen LogP contribution in [0, 0.1) is 11.3 Å². The third-order valence-corrected chi connectivity index (χ3v) is 3.09. The van der Waals surface area contributed by atoms with Gasteiger partial charge in [0.05, 0.1) is 0 Å². The van der Waals surface area contributed by atoms with E-state index in [1.165, 1.54) is 25.7 Å². The van der Waals surface area contributed by atoms with E-state index < -0.39 is 0 Å². The van der Waals surface area contributed by atoms with E-state index >= 15 is 0 Å². The maximum Gasteiger partial charge on any atom is -0.0294 e. The quantitative estimate of drug-likeness (QED) is 0.449. The summed E-state index contributed by atoms with van der Waals surface area (Å²) in [6.07, 6.45) is 7.63. The Hall–Kier alpha value is 0. The van der Waals surface area contributed by atoms with Crippen LogP contribution in [0.25, 0.3) is 0 Å². The van der Waals surface area contributed by atoms with Gasteiger partial charge in [0, 0.05) is 0 Å². The second kappa shape index (κ2) is 1.29. The van der Waals surface area contributed by atoms with Crippen LogP contribution in [0.4, 0.5) is 0 Å². The molecule has 0 aromatic heterocycles. The van der Waals surface area contributed by atoms with Crippen molar-refractivity contribution in [3.63, 3.8) is 0 Å². The first-order valence-corrected chi connectivity index (χ1v) is 3.81. The molecule has 46 valence electrons. The van der Waals surface area contributed by atoms with Crippen LogP contribution in [0.15, 0.2) is 0 Å². The van der Waals surface area contributed by atoms with E-state index in [-0.39, 0.29) is 0 Å². The van der Waals surface area contributed by atoms with Crippen molar-refractivity contribution in [3.8, 4) is 0 Å². The second-order valence-corrected chi connectivity index (χ2v) is 3.80. The third-order valence-electron chi connectivity index (χ3n) is 3.09. The summed E-state index contributed by atoms with van der Waals surface area (Å²) in [6, 6.07) is 0. The van der Waals surface area contributed by atoms with Crippen LogP contribution < -0.4 is 0 Å². The molecule has 0 bridgehead atoms. The van der Waals surface area contributed by atoms with Gasteiger partial charge in [-0.05, 0) is 30.6 Å². The number of hydrogen-bond donors (Lipinski definition) is 0. The molecule has 2 fully saturated rings. The zero-order valence-corrected chi connectivity index (χ0v) is 5.61. The summed E-state index contributed by atoms with van der Waals surface area (Å²) < 4.78 is 0. The molecule has 2 saturated carbocycles. The smallest absolute Gasteiger partial charge is 0.0294 e. The Morgan fingerprint density at radius 1 is 1.38 bits per heavy atom. The third kappa shape index (κ3) is 0.519. The lowest BCUT2D eigenvalue weighted by Crippen LogP contribution is -2.03. The van der Waals surface area contributed by atoms with Gasteiger partial charge in [-0.25, -0.2) is 0 Å². The van der Waals surface area contributed by atoms with Crippen LogP contribution in [0.3, 0.4) is 0 Å². The van der Waals surface area contributed by atoms with Crippen LogP contribution in [0.2, 0.25) is 0 Å². The predicted octanol–water partition coefficient (Wildman–Crippen LogP) is 2.59. The van der Waals surface area contributed by atoms with Gasteiger partial charge in [0.25, 0.3) is 0 Å². The maximum atomic E-state index is 2.46. The standard InChI is InChI=1S/C8H14/c1-8-5-3-2-4-7(8)6-8/h7H,2-6H2,1H3/t7-,8-/m1/s1. The van der Waals surface area contributed by atoms with E-state index in [0.29, 0.717) is 0 Å². The minimum atomic E-state index is 0.845.